The average molecular weight is 228 g/mol. The van der Waals surface area contributed by atoms with E-state index in [2.05, 4.69) is 30.7 Å². The van der Waals surface area contributed by atoms with E-state index in [4.69, 9.17) is 5.11 Å². The lowest BCUT2D eigenvalue weighted by molar-refractivity contribution is -0.137. The number of likely N-dealkylation sites (N-methyl/N-ethyl adjacent to an activating group) is 1. The van der Waals surface area contributed by atoms with Crippen LogP contribution in [0.4, 0.5) is 0 Å². The molecule has 1 saturated heterocycles. The monoisotopic (exact) mass is 228 g/mol. The first-order valence-corrected chi connectivity index (χ1v) is 6.16. The summed E-state index contributed by atoms with van der Waals surface area (Å²) in [7, 11) is 2.14. The molecule has 0 amide bonds. The lowest BCUT2D eigenvalue weighted by Crippen LogP contribution is -2.49. The predicted octanol–water partition coefficient (Wildman–Crippen LogP) is 1.27. The fourth-order valence-corrected chi connectivity index (χ4v) is 2.50. The van der Waals surface area contributed by atoms with Crippen LogP contribution in [-0.2, 0) is 4.79 Å². The quantitative estimate of drug-likeness (QED) is 0.769. The highest BCUT2D eigenvalue weighted by Gasteiger charge is 2.25. The van der Waals surface area contributed by atoms with Crippen LogP contribution in [0.5, 0.6) is 0 Å². The van der Waals surface area contributed by atoms with Crippen molar-refractivity contribution in [2.75, 3.05) is 26.7 Å². The van der Waals surface area contributed by atoms with Crippen molar-refractivity contribution in [1.82, 2.24) is 9.80 Å². The van der Waals surface area contributed by atoms with Crippen LogP contribution >= 0.6 is 0 Å². The van der Waals surface area contributed by atoms with Gasteiger partial charge < -0.3 is 10.0 Å². The highest BCUT2D eigenvalue weighted by molar-refractivity contribution is 5.66. The minimum atomic E-state index is -0.699. The number of nitrogens with zero attached hydrogens (tertiary/aromatic N) is 2. The molecule has 1 atom stereocenters. The maximum absolute atomic E-state index is 10.6. The third-order valence-corrected chi connectivity index (χ3v) is 3.32. The van der Waals surface area contributed by atoms with E-state index in [9.17, 15) is 4.79 Å². The molecule has 0 aromatic heterocycles. The molecule has 1 unspecified atom stereocenters. The molecule has 94 valence electrons. The van der Waals surface area contributed by atoms with Crippen LogP contribution in [-0.4, -0.2) is 59.6 Å². The molecule has 1 aliphatic heterocycles. The molecule has 0 spiro atoms. The van der Waals surface area contributed by atoms with Gasteiger partial charge in [-0.2, -0.15) is 0 Å². The molecule has 1 rings (SSSR count). The van der Waals surface area contributed by atoms with Gasteiger partial charge in [-0.15, -0.1) is 0 Å². The van der Waals surface area contributed by atoms with Crippen molar-refractivity contribution in [3.63, 3.8) is 0 Å². The lowest BCUT2D eigenvalue weighted by Gasteiger charge is -2.40. The third-order valence-electron chi connectivity index (χ3n) is 3.32. The molecule has 1 N–H and O–H groups in total. The largest absolute Gasteiger partial charge is 0.481 e. The fraction of sp³-hybridized carbons (Fsp3) is 0.917. The van der Waals surface area contributed by atoms with Crippen LogP contribution < -0.4 is 0 Å². The summed E-state index contributed by atoms with van der Waals surface area (Å²) in [5.41, 5.74) is 0. The summed E-state index contributed by atoms with van der Waals surface area (Å²) in [6.07, 6.45) is 2.66. The van der Waals surface area contributed by atoms with Crippen LogP contribution in [0.2, 0.25) is 0 Å². The topological polar surface area (TPSA) is 43.8 Å². The first-order chi connectivity index (χ1) is 7.50. The van der Waals surface area contributed by atoms with Crippen molar-refractivity contribution in [2.24, 2.45) is 0 Å². The number of carboxylic acids is 1. The van der Waals surface area contributed by atoms with E-state index >= 15 is 0 Å². The zero-order chi connectivity index (χ0) is 12.1. The summed E-state index contributed by atoms with van der Waals surface area (Å²) in [6, 6.07) is 0.953. The zero-order valence-corrected chi connectivity index (χ0v) is 10.6. The van der Waals surface area contributed by atoms with E-state index < -0.39 is 5.97 Å². The van der Waals surface area contributed by atoms with Crippen LogP contribution in [0.3, 0.4) is 0 Å². The summed E-state index contributed by atoms with van der Waals surface area (Å²) in [5.74, 6) is -0.699. The van der Waals surface area contributed by atoms with Gasteiger partial charge >= 0.3 is 5.97 Å². The van der Waals surface area contributed by atoms with E-state index in [-0.39, 0.29) is 6.42 Å². The molecule has 16 heavy (non-hydrogen) atoms. The van der Waals surface area contributed by atoms with E-state index in [0.29, 0.717) is 18.6 Å². The van der Waals surface area contributed by atoms with Crippen LogP contribution in [0.15, 0.2) is 0 Å². The number of carbonyl (C=O) groups is 1. The van der Waals surface area contributed by atoms with Gasteiger partial charge in [-0.1, -0.05) is 0 Å². The summed E-state index contributed by atoms with van der Waals surface area (Å²) >= 11 is 0. The van der Waals surface area contributed by atoms with Crippen molar-refractivity contribution in [1.29, 1.82) is 0 Å². The number of likely N-dealkylation sites (tertiary alicyclic amines) is 1. The maximum Gasteiger partial charge on any atom is 0.304 e. The first kappa shape index (κ1) is 13.5. The Labute approximate surface area is 98.2 Å². The zero-order valence-electron chi connectivity index (χ0n) is 10.6. The fourth-order valence-electron chi connectivity index (χ4n) is 2.50. The minimum Gasteiger partial charge on any atom is -0.481 e. The molecule has 0 bridgehead atoms. The van der Waals surface area contributed by atoms with Gasteiger partial charge in [0, 0.05) is 25.2 Å². The third kappa shape index (κ3) is 4.10. The Kier molecular flexibility index (Phi) is 5.22. The van der Waals surface area contributed by atoms with E-state index in [0.717, 1.165) is 6.54 Å². The van der Waals surface area contributed by atoms with Gasteiger partial charge in [0.2, 0.25) is 0 Å². The van der Waals surface area contributed by atoms with Crippen molar-refractivity contribution in [2.45, 2.75) is 45.2 Å². The maximum atomic E-state index is 10.6. The van der Waals surface area contributed by atoms with Crippen molar-refractivity contribution >= 4 is 5.97 Å². The van der Waals surface area contributed by atoms with Crippen LogP contribution in [0.25, 0.3) is 0 Å². The van der Waals surface area contributed by atoms with Crippen LogP contribution in [0.1, 0.15) is 33.1 Å². The SMILES string of the molecule is CC(C)N(CCC(=O)O)C1CCCN(C)C1. The molecule has 1 fully saturated rings. The Morgan fingerprint density at radius 3 is 2.75 bits per heavy atom. The predicted molar refractivity (Wildman–Crippen MR) is 64.6 cm³/mol. The Hall–Kier alpha value is -0.610. The standard InChI is InChI=1S/C12H24N2O2/c1-10(2)14(8-6-12(15)16)11-5-4-7-13(3)9-11/h10-11H,4-9H2,1-3H3,(H,15,16). The molecule has 0 radical (unpaired) electrons. The molecule has 0 saturated carbocycles. The van der Waals surface area contributed by atoms with Crippen molar-refractivity contribution in [3.8, 4) is 0 Å². The Bertz CT molecular complexity index is 231. The van der Waals surface area contributed by atoms with Gasteiger partial charge in [-0.25, -0.2) is 0 Å². The second kappa shape index (κ2) is 6.21. The highest BCUT2D eigenvalue weighted by Crippen LogP contribution is 2.17. The first-order valence-electron chi connectivity index (χ1n) is 6.16. The highest BCUT2D eigenvalue weighted by atomic mass is 16.4. The Morgan fingerprint density at radius 1 is 1.56 bits per heavy atom. The molecular weight excluding hydrogens is 204 g/mol. The van der Waals surface area contributed by atoms with Crippen LogP contribution in [0, 0.1) is 0 Å². The van der Waals surface area contributed by atoms with Gasteiger partial charge in [0.05, 0.1) is 6.42 Å². The minimum absolute atomic E-state index is 0.248. The Balaban J connectivity index is 2.51. The molecule has 0 aromatic rings. The van der Waals surface area contributed by atoms with E-state index in [1.807, 2.05) is 0 Å². The average Bonchev–Trinajstić information content (AvgIpc) is 2.17. The van der Waals surface area contributed by atoms with Gasteiger partial charge in [-0.3, -0.25) is 9.69 Å². The van der Waals surface area contributed by atoms with Gasteiger partial charge in [0.25, 0.3) is 0 Å². The molecule has 4 nitrogen and oxygen atoms in total. The normalized spacial score (nSPS) is 22.9. The second-order valence-electron chi connectivity index (χ2n) is 5.03. The summed E-state index contributed by atoms with van der Waals surface area (Å²) in [6.45, 7) is 7.21. The molecule has 0 aromatic carbocycles. The van der Waals surface area contributed by atoms with Crippen molar-refractivity contribution in [3.05, 3.63) is 0 Å². The van der Waals surface area contributed by atoms with Gasteiger partial charge in [0.15, 0.2) is 0 Å². The molecule has 1 heterocycles. The van der Waals surface area contributed by atoms with E-state index in [1.54, 1.807) is 0 Å². The molecular formula is C12H24N2O2. The number of rotatable bonds is 5. The molecule has 1 aliphatic rings. The summed E-state index contributed by atoms with van der Waals surface area (Å²) in [5, 5.41) is 8.76. The summed E-state index contributed by atoms with van der Waals surface area (Å²) < 4.78 is 0. The Morgan fingerprint density at radius 2 is 2.25 bits per heavy atom. The van der Waals surface area contributed by atoms with Crippen molar-refractivity contribution < 1.29 is 9.90 Å². The smallest absolute Gasteiger partial charge is 0.304 e. The number of aliphatic carboxylic acids is 1. The number of carboxylic acid groups (broad SMARTS) is 1. The second-order valence-corrected chi connectivity index (χ2v) is 5.03. The number of piperidine rings is 1. The number of hydrogen-bond donors (Lipinski definition) is 1. The summed E-state index contributed by atoms with van der Waals surface area (Å²) in [4.78, 5) is 15.3. The molecule has 0 aliphatic carbocycles. The molecule has 4 heteroatoms. The van der Waals surface area contributed by atoms with E-state index in [1.165, 1.54) is 19.4 Å². The lowest BCUT2D eigenvalue weighted by atomic mass is 10.0. The van der Waals surface area contributed by atoms with Gasteiger partial charge in [0.1, 0.15) is 0 Å². The number of hydrogen-bond acceptors (Lipinski definition) is 3. The van der Waals surface area contributed by atoms with Gasteiger partial charge in [-0.05, 0) is 40.3 Å².